The van der Waals surface area contributed by atoms with Crippen molar-refractivity contribution in [2.75, 3.05) is 26.4 Å². The van der Waals surface area contributed by atoms with E-state index in [1.807, 2.05) is 0 Å². The van der Waals surface area contributed by atoms with E-state index in [0.29, 0.717) is 32.2 Å². The Bertz CT molecular complexity index is 374. The maximum atomic E-state index is 12.5. The first-order chi connectivity index (χ1) is 13.1. The first-order valence-electron chi connectivity index (χ1n) is 11.2. The van der Waals surface area contributed by atoms with E-state index in [1.54, 1.807) is 0 Å². The van der Waals surface area contributed by atoms with Crippen molar-refractivity contribution in [3.63, 3.8) is 0 Å². The molecule has 1 fully saturated rings. The van der Waals surface area contributed by atoms with Crippen molar-refractivity contribution in [2.45, 2.75) is 91.3 Å². The highest BCUT2D eigenvalue weighted by atomic mass is 16.6. The molecule has 0 amide bonds. The van der Waals surface area contributed by atoms with Crippen molar-refractivity contribution in [1.29, 1.82) is 0 Å². The van der Waals surface area contributed by atoms with Crippen molar-refractivity contribution in [3.8, 4) is 0 Å². The molecule has 1 rings (SSSR count). The van der Waals surface area contributed by atoms with Gasteiger partial charge in [0.2, 0.25) is 0 Å². The van der Waals surface area contributed by atoms with Gasteiger partial charge in [0.1, 0.15) is 0 Å². The second-order valence-electron chi connectivity index (χ2n) is 7.90. The smallest absolute Gasteiger partial charge is 0.308 e. The topological polar surface area (TPSA) is 65.0 Å². The standard InChI is InChI=1S/C22H42O5/c1-4-7-10-18(6-3)17-27-22(24)20-12-9-11-19(16-20)21(23)26-15-14-25-13-8-5-2/h18-21,23H,4-17H2,1-3H3. The quantitative estimate of drug-likeness (QED) is 0.251. The first kappa shape index (κ1) is 24.4. The Kier molecular flexibility index (Phi) is 13.8. The van der Waals surface area contributed by atoms with Gasteiger partial charge in [-0.05, 0) is 38.0 Å². The average Bonchev–Trinajstić information content (AvgIpc) is 2.70. The number of unbranched alkanes of at least 4 members (excludes halogenated alkanes) is 2. The molecule has 0 spiro atoms. The number of aliphatic hydroxyl groups excluding tert-OH is 1. The third-order valence-electron chi connectivity index (χ3n) is 5.61. The second-order valence-corrected chi connectivity index (χ2v) is 7.90. The predicted octanol–water partition coefficient (Wildman–Crippen LogP) is 4.70. The van der Waals surface area contributed by atoms with Crippen molar-refractivity contribution in [2.24, 2.45) is 17.8 Å². The van der Waals surface area contributed by atoms with Crippen molar-refractivity contribution in [3.05, 3.63) is 0 Å². The van der Waals surface area contributed by atoms with E-state index >= 15 is 0 Å². The SMILES string of the molecule is CCCCOCCOC(O)C1CCCC(C(=O)OCC(CC)CCCC)C1. The Hall–Kier alpha value is -0.650. The van der Waals surface area contributed by atoms with E-state index in [9.17, 15) is 9.90 Å². The Balaban J connectivity index is 2.28. The fraction of sp³-hybridized carbons (Fsp3) is 0.955. The van der Waals surface area contributed by atoms with Crippen LogP contribution in [0.5, 0.6) is 0 Å². The van der Waals surface area contributed by atoms with Crippen LogP contribution >= 0.6 is 0 Å². The fourth-order valence-electron chi connectivity index (χ4n) is 3.63. The number of carbonyl (C=O) groups is 1. The van der Waals surface area contributed by atoms with Crippen LogP contribution < -0.4 is 0 Å². The van der Waals surface area contributed by atoms with Crippen molar-refractivity contribution >= 4 is 5.97 Å². The van der Waals surface area contributed by atoms with Gasteiger partial charge in [0.25, 0.3) is 0 Å². The second kappa shape index (κ2) is 15.3. The molecule has 1 aliphatic carbocycles. The predicted molar refractivity (Wildman–Crippen MR) is 107 cm³/mol. The van der Waals surface area contributed by atoms with Gasteiger partial charge in [-0.1, -0.05) is 52.9 Å². The van der Waals surface area contributed by atoms with Gasteiger partial charge in [-0.15, -0.1) is 0 Å². The zero-order valence-electron chi connectivity index (χ0n) is 17.8. The van der Waals surface area contributed by atoms with Gasteiger partial charge in [0.15, 0.2) is 6.29 Å². The molecule has 5 nitrogen and oxygen atoms in total. The molecule has 0 heterocycles. The number of rotatable bonds is 15. The molecule has 0 saturated heterocycles. The lowest BCUT2D eigenvalue weighted by Gasteiger charge is -2.31. The number of esters is 1. The molecule has 1 saturated carbocycles. The van der Waals surface area contributed by atoms with E-state index in [0.717, 1.165) is 51.6 Å². The van der Waals surface area contributed by atoms with Gasteiger partial charge in [0, 0.05) is 12.5 Å². The minimum atomic E-state index is -0.816. The van der Waals surface area contributed by atoms with Crippen LogP contribution in [-0.4, -0.2) is 43.8 Å². The molecule has 0 aromatic carbocycles. The van der Waals surface area contributed by atoms with Gasteiger partial charge in [0.05, 0.1) is 25.7 Å². The lowest BCUT2D eigenvalue weighted by atomic mass is 9.81. The van der Waals surface area contributed by atoms with E-state index in [-0.39, 0.29) is 17.8 Å². The zero-order valence-corrected chi connectivity index (χ0v) is 17.8. The van der Waals surface area contributed by atoms with E-state index in [2.05, 4.69) is 20.8 Å². The lowest BCUT2D eigenvalue weighted by Crippen LogP contribution is -2.33. The highest BCUT2D eigenvalue weighted by Gasteiger charge is 2.32. The molecular formula is C22H42O5. The molecular weight excluding hydrogens is 344 g/mol. The van der Waals surface area contributed by atoms with Gasteiger partial charge in [-0.25, -0.2) is 0 Å². The van der Waals surface area contributed by atoms with Gasteiger partial charge >= 0.3 is 5.97 Å². The minimum absolute atomic E-state index is 0.00834. The van der Waals surface area contributed by atoms with Crippen LogP contribution in [-0.2, 0) is 19.0 Å². The maximum absolute atomic E-state index is 12.5. The average molecular weight is 387 g/mol. The summed E-state index contributed by atoms with van der Waals surface area (Å²) in [5, 5.41) is 10.3. The van der Waals surface area contributed by atoms with Crippen LogP contribution in [0.1, 0.15) is 85.0 Å². The summed E-state index contributed by atoms with van der Waals surface area (Å²) >= 11 is 0. The third kappa shape index (κ3) is 10.5. The maximum Gasteiger partial charge on any atom is 0.308 e. The molecule has 160 valence electrons. The number of ether oxygens (including phenoxy) is 3. The van der Waals surface area contributed by atoms with Gasteiger partial charge in [-0.3, -0.25) is 4.79 Å². The van der Waals surface area contributed by atoms with Gasteiger partial charge < -0.3 is 19.3 Å². The summed E-state index contributed by atoms with van der Waals surface area (Å²) in [4.78, 5) is 12.5. The molecule has 4 unspecified atom stereocenters. The molecule has 1 aliphatic rings. The zero-order chi connectivity index (χ0) is 19.9. The molecule has 4 atom stereocenters. The highest BCUT2D eigenvalue weighted by Crippen LogP contribution is 2.32. The highest BCUT2D eigenvalue weighted by molar-refractivity contribution is 5.72. The third-order valence-corrected chi connectivity index (χ3v) is 5.61. The molecule has 1 N–H and O–H groups in total. The summed E-state index contributed by atoms with van der Waals surface area (Å²) in [5.74, 6) is 0.278. The van der Waals surface area contributed by atoms with Crippen LogP contribution in [0.4, 0.5) is 0 Å². The summed E-state index contributed by atoms with van der Waals surface area (Å²) < 4.78 is 16.6. The van der Waals surface area contributed by atoms with Gasteiger partial charge in [-0.2, -0.15) is 0 Å². The molecule has 27 heavy (non-hydrogen) atoms. The first-order valence-corrected chi connectivity index (χ1v) is 11.2. The molecule has 0 aromatic heterocycles. The fourth-order valence-corrected chi connectivity index (χ4v) is 3.63. The van der Waals surface area contributed by atoms with Crippen molar-refractivity contribution < 1.29 is 24.1 Å². The normalized spacial score (nSPS) is 22.4. The molecule has 0 bridgehead atoms. The van der Waals surface area contributed by atoms with Crippen LogP contribution in [0.15, 0.2) is 0 Å². The van der Waals surface area contributed by atoms with E-state index < -0.39 is 6.29 Å². The Morgan fingerprint density at radius 3 is 2.56 bits per heavy atom. The van der Waals surface area contributed by atoms with Crippen molar-refractivity contribution in [1.82, 2.24) is 0 Å². The van der Waals surface area contributed by atoms with Crippen LogP contribution in [0.25, 0.3) is 0 Å². The summed E-state index contributed by atoms with van der Waals surface area (Å²) in [7, 11) is 0. The summed E-state index contributed by atoms with van der Waals surface area (Å²) in [6, 6.07) is 0. The summed E-state index contributed by atoms with van der Waals surface area (Å²) in [6.07, 6.45) is 9.23. The Morgan fingerprint density at radius 1 is 1.07 bits per heavy atom. The van der Waals surface area contributed by atoms with Crippen LogP contribution in [0.2, 0.25) is 0 Å². The number of hydrogen-bond donors (Lipinski definition) is 1. The monoisotopic (exact) mass is 386 g/mol. The Morgan fingerprint density at radius 2 is 1.85 bits per heavy atom. The minimum Gasteiger partial charge on any atom is -0.465 e. The van der Waals surface area contributed by atoms with Crippen LogP contribution in [0, 0.1) is 17.8 Å². The number of aliphatic hydroxyl groups is 1. The summed E-state index contributed by atoms with van der Waals surface area (Å²) in [6.45, 7) is 8.64. The summed E-state index contributed by atoms with van der Waals surface area (Å²) in [5.41, 5.74) is 0. The van der Waals surface area contributed by atoms with E-state index in [4.69, 9.17) is 14.2 Å². The largest absolute Gasteiger partial charge is 0.465 e. The number of hydrogen-bond acceptors (Lipinski definition) is 5. The number of carbonyl (C=O) groups excluding carboxylic acids is 1. The molecule has 0 radical (unpaired) electrons. The molecule has 5 heteroatoms. The molecule has 0 aliphatic heterocycles. The van der Waals surface area contributed by atoms with Crippen LogP contribution in [0.3, 0.4) is 0 Å². The van der Waals surface area contributed by atoms with E-state index in [1.165, 1.54) is 12.8 Å². The lowest BCUT2D eigenvalue weighted by molar-refractivity contribution is -0.164. The molecule has 0 aromatic rings. The Labute approximate surface area is 166 Å².